The van der Waals surface area contributed by atoms with E-state index in [2.05, 4.69) is 33.5 Å². The van der Waals surface area contributed by atoms with Crippen molar-refractivity contribution in [2.24, 2.45) is 7.05 Å². The molecule has 11 heteroatoms. The molecule has 6 rings (SSSR count). The van der Waals surface area contributed by atoms with E-state index in [1.165, 1.54) is 4.57 Å². The molecule has 1 atom stereocenters. The molecule has 1 unspecified atom stereocenters. The van der Waals surface area contributed by atoms with Crippen LogP contribution in [0.1, 0.15) is 47.9 Å². The van der Waals surface area contributed by atoms with Gasteiger partial charge in [0.05, 0.1) is 6.33 Å². The van der Waals surface area contributed by atoms with E-state index < -0.39 is 11.9 Å². The molecule has 0 spiro atoms. The van der Waals surface area contributed by atoms with Crippen LogP contribution in [-0.2, 0) is 24.5 Å². The summed E-state index contributed by atoms with van der Waals surface area (Å²) in [5.41, 5.74) is 5.13. The number of nitrogens with one attached hydrogen (secondary N) is 1. The largest absolute Gasteiger partial charge is 0.434 e. The quantitative estimate of drug-likeness (QED) is 0.244. The van der Waals surface area contributed by atoms with Gasteiger partial charge in [0, 0.05) is 37.5 Å². The number of anilines is 1. The summed E-state index contributed by atoms with van der Waals surface area (Å²) < 4.78 is 48.7. The summed E-state index contributed by atoms with van der Waals surface area (Å²) in [5, 5.41) is 3.42. The number of alkyl halides is 3. The Labute approximate surface area is 235 Å². The van der Waals surface area contributed by atoms with E-state index in [-0.39, 0.29) is 12.1 Å². The highest BCUT2D eigenvalue weighted by Gasteiger charge is 2.34. The lowest BCUT2D eigenvalue weighted by atomic mass is 10.1. The zero-order chi connectivity index (χ0) is 28.7. The standard InChI is InChI=1S/C30H30F3N7O/c1-18-12-19(2)14-22(13-18)26-37-27(25-29(38-26)40(17-35-25)24-6-4-5-11-41-24)34-15-20-7-9-21(10-8-20)28-36-23(16-39(28)3)30(31,32)33/h7-10,12-14,16-17,24H,4-6,11,15H2,1-3H3,(H,34,37,38). The molecule has 1 N–H and O–H groups in total. The molecule has 1 aliphatic rings. The van der Waals surface area contributed by atoms with Gasteiger partial charge in [0.2, 0.25) is 0 Å². The van der Waals surface area contributed by atoms with Gasteiger partial charge in [0.1, 0.15) is 12.1 Å². The Morgan fingerprint density at radius 1 is 0.976 bits per heavy atom. The first-order valence-electron chi connectivity index (χ1n) is 13.5. The molecule has 1 fully saturated rings. The fourth-order valence-electron chi connectivity index (χ4n) is 5.26. The van der Waals surface area contributed by atoms with Gasteiger partial charge in [-0.15, -0.1) is 0 Å². The number of hydrogen-bond acceptors (Lipinski definition) is 6. The Morgan fingerprint density at radius 3 is 2.39 bits per heavy atom. The van der Waals surface area contributed by atoms with Crippen LogP contribution in [0.15, 0.2) is 55.0 Å². The lowest BCUT2D eigenvalue weighted by Gasteiger charge is -2.24. The Bertz CT molecular complexity index is 1680. The number of nitrogens with zero attached hydrogens (tertiary/aromatic N) is 6. The lowest BCUT2D eigenvalue weighted by Crippen LogP contribution is -2.18. The summed E-state index contributed by atoms with van der Waals surface area (Å²) in [6.45, 7) is 5.23. The number of fused-ring (bicyclic) bond motifs is 1. The smallest absolute Gasteiger partial charge is 0.364 e. The first-order chi connectivity index (χ1) is 19.7. The summed E-state index contributed by atoms with van der Waals surface area (Å²) in [4.78, 5) is 18.2. The van der Waals surface area contributed by atoms with E-state index in [1.807, 2.05) is 30.5 Å². The molecule has 0 bridgehead atoms. The highest BCUT2D eigenvalue weighted by Crippen LogP contribution is 2.32. The number of aryl methyl sites for hydroxylation is 3. The van der Waals surface area contributed by atoms with Crippen molar-refractivity contribution in [2.45, 2.75) is 52.1 Å². The Morgan fingerprint density at radius 2 is 1.73 bits per heavy atom. The summed E-state index contributed by atoms with van der Waals surface area (Å²) in [5.74, 6) is 1.44. The van der Waals surface area contributed by atoms with E-state index in [9.17, 15) is 13.2 Å². The third kappa shape index (κ3) is 5.54. The Kier molecular flexibility index (Phi) is 6.98. The number of ether oxygens (including phenoxy) is 1. The van der Waals surface area contributed by atoms with E-state index >= 15 is 0 Å². The van der Waals surface area contributed by atoms with Gasteiger partial charge in [-0.05, 0) is 50.8 Å². The van der Waals surface area contributed by atoms with Crippen molar-refractivity contribution in [3.05, 3.63) is 77.4 Å². The maximum absolute atomic E-state index is 13.1. The summed E-state index contributed by atoms with van der Waals surface area (Å²) in [6.07, 6.45) is 1.16. The van der Waals surface area contributed by atoms with Gasteiger partial charge in [-0.1, -0.05) is 41.5 Å². The highest BCUT2D eigenvalue weighted by molar-refractivity contribution is 5.85. The molecule has 1 saturated heterocycles. The SMILES string of the molecule is Cc1cc(C)cc(-c2nc(NCc3ccc(-c4nc(C(F)(F)F)cn4C)cc3)c3ncn(C4CCCCO4)c3n2)c1. The molecular weight excluding hydrogens is 531 g/mol. The number of rotatable bonds is 6. The van der Waals surface area contributed by atoms with Crippen LogP contribution in [0, 0.1) is 13.8 Å². The molecule has 5 aromatic rings. The minimum absolute atomic E-state index is 0.125. The van der Waals surface area contributed by atoms with E-state index in [1.54, 1.807) is 25.5 Å². The molecular formula is C30H30F3N7O. The number of hydrogen-bond donors (Lipinski definition) is 1. The van der Waals surface area contributed by atoms with Crippen LogP contribution in [0.25, 0.3) is 33.9 Å². The van der Waals surface area contributed by atoms with Crippen molar-refractivity contribution in [3.8, 4) is 22.8 Å². The number of halogens is 3. The molecule has 3 aromatic heterocycles. The molecule has 0 saturated carbocycles. The first-order valence-corrected chi connectivity index (χ1v) is 13.5. The Balaban J connectivity index is 1.31. The van der Waals surface area contributed by atoms with Crippen molar-refractivity contribution >= 4 is 17.0 Å². The third-order valence-corrected chi connectivity index (χ3v) is 7.21. The number of imidazole rings is 2. The molecule has 4 heterocycles. The molecule has 41 heavy (non-hydrogen) atoms. The minimum Gasteiger partial charge on any atom is -0.364 e. The van der Waals surface area contributed by atoms with Crippen LogP contribution < -0.4 is 5.32 Å². The highest BCUT2D eigenvalue weighted by atomic mass is 19.4. The second-order valence-electron chi connectivity index (χ2n) is 10.5. The number of benzene rings is 2. The second kappa shape index (κ2) is 10.6. The van der Waals surface area contributed by atoms with Crippen LogP contribution in [0.3, 0.4) is 0 Å². The second-order valence-corrected chi connectivity index (χ2v) is 10.5. The number of aromatic nitrogens is 6. The summed E-state index contributed by atoms with van der Waals surface area (Å²) in [7, 11) is 1.55. The van der Waals surface area contributed by atoms with Crippen molar-refractivity contribution in [3.63, 3.8) is 0 Å². The van der Waals surface area contributed by atoms with E-state index in [0.29, 0.717) is 41.5 Å². The molecule has 2 aromatic carbocycles. The van der Waals surface area contributed by atoms with Crippen molar-refractivity contribution < 1.29 is 17.9 Å². The van der Waals surface area contributed by atoms with Crippen molar-refractivity contribution in [1.29, 1.82) is 0 Å². The maximum atomic E-state index is 13.1. The third-order valence-electron chi connectivity index (χ3n) is 7.21. The monoisotopic (exact) mass is 561 g/mol. The molecule has 1 aliphatic heterocycles. The van der Waals surface area contributed by atoms with Crippen LogP contribution >= 0.6 is 0 Å². The van der Waals surface area contributed by atoms with Crippen LogP contribution in [0.2, 0.25) is 0 Å². The lowest BCUT2D eigenvalue weighted by molar-refractivity contribution is -0.140. The molecule has 8 nitrogen and oxygen atoms in total. The van der Waals surface area contributed by atoms with Gasteiger partial charge in [-0.2, -0.15) is 13.2 Å². The van der Waals surface area contributed by atoms with Gasteiger partial charge in [-0.3, -0.25) is 4.57 Å². The topological polar surface area (TPSA) is 82.7 Å². The zero-order valence-electron chi connectivity index (χ0n) is 23.0. The van der Waals surface area contributed by atoms with Gasteiger partial charge in [0.15, 0.2) is 28.5 Å². The van der Waals surface area contributed by atoms with Crippen LogP contribution in [-0.4, -0.2) is 35.7 Å². The minimum atomic E-state index is -4.49. The molecule has 0 radical (unpaired) electrons. The average molecular weight is 562 g/mol. The summed E-state index contributed by atoms with van der Waals surface area (Å²) in [6, 6.07) is 13.5. The Hall–Kier alpha value is -4.25. The van der Waals surface area contributed by atoms with Crippen LogP contribution in [0.4, 0.5) is 19.0 Å². The van der Waals surface area contributed by atoms with Gasteiger partial charge < -0.3 is 14.6 Å². The fraction of sp³-hybridized carbons (Fsp3) is 0.333. The van der Waals surface area contributed by atoms with E-state index in [0.717, 1.165) is 47.7 Å². The van der Waals surface area contributed by atoms with Crippen molar-refractivity contribution in [1.82, 2.24) is 29.1 Å². The molecule has 0 aliphatic carbocycles. The normalized spacial score (nSPS) is 15.9. The van der Waals surface area contributed by atoms with Crippen LogP contribution in [0.5, 0.6) is 0 Å². The van der Waals surface area contributed by atoms with Gasteiger partial charge in [-0.25, -0.2) is 19.9 Å². The maximum Gasteiger partial charge on any atom is 0.434 e. The van der Waals surface area contributed by atoms with Gasteiger partial charge >= 0.3 is 6.18 Å². The molecule has 0 amide bonds. The zero-order valence-corrected chi connectivity index (χ0v) is 23.0. The predicted octanol–water partition coefficient (Wildman–Crippen LogP) is 6.84. The van der Waals surface area contributed by atoms with Gasteiger partial charge in [0.25, 0.3) is 0 Å². The average Bonchev–Trinajstić information content (AvgIpc) is 3.56. The predicted molar refractivity (Wildman–Crippen MR) is 150 cm³/mol. The molecule has 212 valence electrons. The van der Waals surface area contributed by atoms with E-state index in [4.69, 9.17) is 14.7 Å². The van der Waals surface area contributed by atoms with Crippen molar-refractivity contribution in [2.75, 3.05) is 11.9 Å². The first kappa shape index (κ1) is 26.9. The fourth-order valence-corrected chi connectivity index (χ4v) is 5.26. The summed E-state index contributed by atoms with van der Waals surface area (Å²) >= 11 is 0.